The zero-order chi connectivity index (χ0) is 20.6. The number of terminal acetylenes is 1. The predicted octanol–water partition coefficient (Wildman–Crippen LogP) is 1.32. The molecule has 8 heteroatoms. The average Bonchev–Trinajstić information content (AvgIpc) is 2.71. The Morgan fingerprint density at radius 3 is 2.36 bits per heavy atom. The van der Waals surface area contributed by atoms with Crippen molar-refractivity contribution < 1.29 is 22.7 Å². The zero-order valence-corrected chi connectivity index (χ0v) is 15.9. The lowest BCUT2D eigenvalue weighted by Crippen LogP contribution is -2.32. The molecule has 148 valence electrons. The van der Waals surface area contributed by atoms with E-state index in [1.54, 1.807) is 12.1 Å². The minimum Gasteiger partial charge on any atom is -0.396 e. The summed E-state index contributed by atoms with van der Waals surface area (Å²) in [6, 6.07) is 11.4. The molecule has 0 heterocycles. The predicted molar refractivity (Wildman–Crippen MR) is 103 cm³/mol. The number of amides is 1. The van der Waals surface area contributed by atoms with Gasteiger partial charge in [-0.1, -0.05) is 18.1 Å². The highest BCUT2D eigenvalue weighted by molar-refractivity contribution is 7.89. The Hall–Kier alpha value is -2.73. The van der Waals surface area contributed by atoms with E-state index in [0.717, 1.165) is 5.56 Å². The maximum Gasteiger partial charge on any atom is 0.251 e. The lowest BCUT2D eigenvalue weighted by Gasteiger charge is -2.15. The number of carbonyl (C=O) groups excluding carboxylic acids is 1. The molecule has 0 saturated heterocycles. The van der Waals surface area contributed by atoms with Crippen molar-refractivity contribution in [3.63, 3.8) is 0 Å². The third-order valence-electron chi connectivity index (χ3n) is 4.04. The maximum atomic E-state index is 13.0. The second-order valence-corrected chi connectivity index (χ2v) is 7.91. The van der Waals surface area contributed by atoms with Gasteiger partial charge in [0.05, 0.1) is 11.4 Å². The van der Waals surface area contributed by atoms with Crippen LogP contribution in [0.15, 0.2) is 53.4 Å². The van der Waals surface area contributed by atoms with Gasteiger partial charge in [0.1, 0.15) is 5.82 Å². The molecule has 0 unspecified atom stereocenters. The molecule has 3 N–H and O–H groups in total. The summed E-state index contributed by atoms with van der Waals surface area (Å²) in [7, 11) is -3.72. The first-order valence-corrected chi connectivity index (χ1v) is 10.0. The summed E-state index contributed by atoms with van der Waals surface area (Å²) in [4.78, 5) is 12.3. The molecule has 0 bridgehead atoms. The first-order chi connectivity index (χ1) is 13.4. The number of aliphatic hydroxyl groups is 1. The van der Waals surface area contributed by atoms with Crippen molar-refractivity contribution in [2.75, 3.05) is 19.7 Å². The normalized spacial score (nSPS) is 12.2. The lowest BCUT2D eigenvalue weighted by molar-refractivity contribution is 0.0940. The fourth-order valence-corrected chi connectivity index (χ4v) is 3.43. The Morgan fingerprint density at radius 1 is 1.14 bits per heavy atom. The van der Waals surface area contributed by atoms with Gasteiger partial charge in [-0.3, -0.25) is 4.79 Å². The second kappa shape index (κ2) is 9.99. The minimum absolute atomic E-state index is 0.00356. The fraction of sp³-hybridized carbons (Fsp3) is 0.250. The van der Waals surface area contributed by atoms with Gasteiger partial charge in [0.25, 0.3) is 5.91 Å². The summed E-state index contributed by atoms with van der Waals surface area (Å²) in [6.45, 7) is -0.0483. The standard InChI is InChI=1S/C20H21FN2O4S/c1-2-11-23-28(26,27)19-9-5-17(6-10-19)20(25)22-13-16(14-24)12-15-3-7-18(21)8-4-15/h1,3-10,16,23-24H,11-14H2,(H,22,25)/t16-/m1/s1. The van der Waals surface area contributed by atoms with Crippen LogP contribution in [-0.4, -0.2) is 39.1 Å². The van der Waals surface area contributed by atoms with Crippen LogP contribution in [0.25, 0.3) is 0 Å². The number of aliphatic hydroxyl groups excluding tert-OH is 1. The Kier molecular flexibility index (Phi) is 7.70. The summed E-state index contributed by atoms with van der Waals surface area (Å²) < 4.78 is 39.1. The molecular weight excluding hydrogens is 383 g/mol. The molecule has 1 atom stereocenters. The second-order valence-electron chi connectivity index (χ2n) is 6.14. The van der Waals surface area contributed by atoms with Crippen molar-refractivity contribution in [2.24, 2.45) is 5.92 Å². The first kappa shape index (κ1) is 21.6. The highest BCUT2D eigenvalue weighted by Crippen LogP contribution is 2.12. The van der Waals surface area contributed by atoms with E-state index < -0.39 is 15.9 Å². The summed E-state index contributed by atoms with van der Waals surface area (Å²) in [6.07, 6.45) is 5.52. The van der Waals surface area contributed by atoms with Crippen molar-refractivity contribution in [1.29, 1.82) is 0 Å². The molecular formula is C20H21FN2O4S. The van der Waals surface area contributed by atoms with Crippen LogP contribution >= 0.6 is 0 Å². The van der Waals surface area contributed by atoms with Crippen molar-refractivity contribution in [1.82, 2.24) is 10.0 Å². The molecule has 1 amide bonds. The number of rotatable bonds is 9. The fourth-order valence-electron chi connectivity index (χ4n) is 2.50. The largest absolute Gasteiger partial charge is 0.396 e. The van der Waals surface area contributed by atoms with E-state index in [1.807, 2.05) is 0 Å². The third kappa shape index (κ3) is 6.16. The van der Waals surface area contributed by atoms with Crippen LogP contribution in [0.5, 0.6) is 0 Å². The first-order valence-electron chi connectivity index (χ1n) is 8.52. The molecule has 2 aromatic carbocycles. The van der Waals surface area contributed by atoms with Crippen LogP contribution < -0.4 is 10.0 Å². The van der Waals surface area contributed by atoms with Gasteiger partial charge < -0.3 is 10.4 Å². The molecule has 0 aliphatic rings. The highest BCUT2D eigenvalue weighted by Gasteiger charge is 2.15. The monoisotopic (exact) mass is 404 g/mol. The Balaban J connectivity index is 1.94. The quantitative estimate of drug-likeness (QED) is 0.550. The average molecular weight is 404 g/mol. The van der Waals surface area contributed by atoms with Gasteiger partial charge in [0, 0.05) is 24.6 Å². The van der Waals surface area contributed by atoms with E-state index in [9.17, 15) is 22.7 Å². The van der Waals surface area contributed by atoms with Gasteiger partial charge in [-0.05, 0) is 48.4 Å². The van der Waals surface area contributed by atoms with Gasteiger partial charge in [0.15, 0.2) is 0 Å². The molecule has 0 radical (unpaired) electrons. The van der Waals surface area contributed by atoms with E-state index in [2.05, 4.69) is 16.0 Å². The zero-order valence-electron chi connectivity index (χ0n) is 15.1. The molecule has 2 rings (SSSR count). The van der Waals surface area contributed by atoms with Crippen molar-refractivity contribution in [2.45, 2.75) is 11.3 Å². The highest BCUT2D eigenvalue weighted by atomic mass is 32.2. The number of nitrogens with one attached hydrogen (secondary N) is 2. The van der Waals surface area contributed by atoms with Crippen molar-refractivity contribution >= 4 is 15.9 Å². The number of halogens is 1. The molecule has 2 aromatic rings. The van der Waals surface area contributed by atoms with Gasteiger partial charge in [0.2, 0.25) is 10.0 Å². The third-order valence-corrected chi connectivity index (χ3v) is 5.46. The van der Waals surface area contributed by atoms with Crippen LogP contribution in [-0.2, 0) is 16.4 Å². The van der Waals surface area contributed by atoms with Gasteiger partial charge in [-0.15, -0.1) is 6.42 Å². The van der Waals surface area contributed by atoms with Crippen molar-refractivity contribution in [3.8, 4) is 12.3 Å². The Morgan fingerprint density at radius 2 is 1.79 bits per heavy atom. The van der Waals surface area contributed by atoms with Crippen LogP contribution in [0.4, 0.5) is 4.39 Å². The molecule has 0 aliphatic carbocycles. The van der Waals surface area contributed by atoms with E-state index in [1.165, 1.54) is 36.4 Å². The van der Waals surface area contributed by atoms with Crippen LogP contribution in [0.3, 0.4) is 0 Å². The number of benzene rings is 2. The summed E-state index contributed by atoms with van der Waals surface area (Å²) >= 11 is 0. The van der Waals surface area contributed by atoms with Crippen molar-refractivity contribution in [3.05, 3.63) is 65.5 Å². The van der Waals surface area contributed by atoms with E-state index in [-0.39, 0.29) is 41.9 Å². The van der Waals surface area contributed by atoms with Gasteiger partial charge in [-0.2, -0.15) is 4.72 Å². The SMILES string of the molecule is C#CCNS(=O)(=O)c1ccc(C(=O)NC[C@H](CO)Cc2ccc(F)cc2)cc1. The number of hydrogen-bond acceptors (Lipinski definition) is 4. The number of carbonyl (C=O) groups is 1. The maximum absolute atomic E-state index is 13.0. The molecule has 0 spiro atoms. The summed E-state index contributed by atoms with van der Waals surface area (Å²) in [5.74, 6) is 1.22. The number of sulfonamides is 1. The summed E-state index contributed by atoms with van der Waals surface area (Å²) in [5, 5.41) is 12.2. The molecule has 6 nitrogen and oxygen atoms in total. The molecule has 0 aliphatic heterocycles. The molecule has 0 fully saturated rings. The van der Waals surface area contributed by atoms with E-state index >= 15 is 0 Å². The topological polar surface area (TPSA) is 95.5 Å². The smallest absolute Gasteiger partial charge is 0.251 e. The van der Waals surface area contributed by atoms with Gasteiger partial charge in [-0.25, -0.2) is 12.8 Å². The molecule has 0 aromatic heterocycles. The van der Waals surface area contributed by atoms with Gasteiger partial charge >= 0.3 is 0 Å². The molecule has 0 saturated carbocycles. The summed E-state index contributed by atoms with van der Waals surface area (Å²) in [5.41, 5.74) is 1.14. The van der Waals surface area contributed by atoms with Crippen LogP contribution in [0.1, 0.15) is 15.9 Å². The molecule has 28 heavy (non-hydrogen) atoms. The van der Waals surface area contributed by atoms with E-state index in [0.29, 0.717) is 6.42 Å². The van der Waals surface area contributed by atoms with Crippen LogP contribution in [0.2, 0.25) is 0 Å². The number of hydrogen-bond donors (Lipinski definition) is 3. The lowest BCUT2D eigenvalue weighted by atomic mass is 10.00. The van der Waals surface area contributed by atoms with Crippen LogP contribution in [0, 0.1) is 24.1 Å². The Labute approximate surface area is 163 Å². The van der Waals surface area contributed by atoms with E-state index in [4.69, 9.17) is 6.42 Å². The Bertz CT molecular complexity index is 936. The minimum atomic E-state index is -3.72.